The molecular weight excluding hydrogens is 937 g/mol. The standard InChI is InChI=1S/C70H116O6/c1-4-7-10-13-16-19-22-25-28-29-30-31-32-33-34-35-36-37-38-39-40-41-43-45-48-51-54-57-60-63-69(72)75-66-67(65-74-68(71)62-59-56-53-50-47-44-27-24-21-18-15-12-9-6-3)76-70(73)64-61-58-55-52-49-46-42-26-23-20-17-14-11-8-5-2/h7-8,10-11,15-20,24-28,30-31,42,49,52,67H,4-6,9,12-14,21-23,29,32-41,43-48,50-51,53-66H2,1-3H3/b10-7-,11-8-,18-15-,19-16-,20-17-,27-24-,28-25-,31-30-,42-26-,52-49-. The highest BCUT2D eigenvalue weighted by Crippen LogP contribution is 2.16. The molecule has 0 fully saturated rings. The van der Waals surface area contributed by atoms with E-state index in [0.29, 0.717) is 19.3 Å². The second kappa shape index (κ2) is 63.3. The number of unbranched alkanes of at least 4 members (excludes halogenated alkanes) is 25. The summed E-state index contributed by atoms with van der Waals surface area (Å²) in [6, 6.07) is 0. The quantitative estimate of drug-likeness (QED) is 0.0261. The van der Waals surface area contributed by atoms with Gasteiger partial charge in [-0.25, -0.2) is 0 Å². The van der Waals surface area contributed by atoms with Crippen molar-refractivity contribution in [3.63, 3.8) is 0 Å². The Morgan fingerprint density at radius 1 is 0.276 bits per heavy atom. The first kappa shape index (κ1) is 71.8. The molecule has 0 rings (SSSR count). The van der Waals surface area contributed by atoms with Gasteiger partial charge < -0.3 is 14.2 Å². The van der Waals surface area contributed by atoms with Crippen molar-refractivity contribution in [3.8, 4) is 0 Å². The molecule has 0 aromatic carbocycles. The molecule has 0 aromatic heterocycles. The fraction of sp³-hybridized carbons (Fsp3) is 0.671. The molecule has 0 aliphatic rings. The number of esters is 3. The smallest absolute Gasteiger partial charge is 0.306 e. The Labute approximate surface area is 469 Å². The highest BCUT2D eigenvalue weighted by atomic mass is 16.6. The molecule has 0 bridgehead atoms. The molecule has 0 aromatic rings. The van der Waals surface area contributed by atoms with Crippen molar-refractivity contribution in [3.05, 3.63) is 122 Å². The summed E-state index contributed by atoms with van der Waals surface area (Å²) in [5.74, 6) is -0.953. The summed E-state index contributed by atoms with van der Waals surface area (Å²) in [7, 11) is 0. The fourth-order valence-corrected chi connectivity index (χ4v) is 8.50. The lowest BCUT2D eigenvalue weighted by molar-refractivity contribution is -0.167. The molecule has 76 heavy (non-hydrogen) atoms. The van der Waals surface area contributed by atoms with Gasteiger partial charge in [-0.1, -0.05) is 264 Å². The van der Waals surface area contributed by atoms with Gasteiger partial charge in [-0.3, -0.25) is 14.4 Å². The first-order valence-corrected chi connectivity index (χ1v) is 31.5. The molecule has 6 nitrogen and oxygen atoms in total. The zero-order valence-electron chi connectivity index (χ0n) is 49.5. The third kappa shape index (κ3) is 60.7. The molecule has 432 valence electrons. The summed E-state index contributed by atoms with van der Waals surface area (Å²) in [5, 5.41) is 0. The Morgan fingerprint density at radius 3 is 0.829 bits per heavy atom. The van der Waals surface area contributed by atoms with E-state index >= 15 is 0 Å². The average Bonchev–Trinajstić information content (AvgIpc) is 3.42. The molecule has 0 N–H and O–H groups in total. The van der Waals surface area contributed by atoms with Crippen LogP contribution in [0.1, 0.15) is 284 Å². The molecule has 0 saturated carbocycles. The molecule has 0 aliphatic carbocycles. The van der Waals surface area contributed by atoms with Crippen molar-refractivity contribution < 1.29 is 28.6 Å². The average molecular weight is 1050 g/mol. The molecule has 1 unspecified atom stereocenters. The molecule has 0 saturated heterocycles. The highest BCUT2D eigenvalue weighted by Gasteiger charge is 2.19. The predicted octanol–water partition coefficient (Wildman–Crippen LogP) is 21.6. The first-order chi connectivity index (χ1) is 37.5. The van der Waals surface area contributed by atoms with Crippen LogP contribution in [0.4, 0.5) is 0 Å². The third-order valence-corrected chi connectivity index (χ3v) is 13.2. The van der Waals surface area contributed by atoms with Crippen LogP contribution in [0.2, 0.25) is 0 Å². The van der Waals surface area contributed by atoms with Gasteiger partial charge in [-0.05, 0) is 122 Å². The van der Waals surface area contributed by atoms with Gasteiger partial charge >= 0.3 is 17.9 Å². The van der Waals surface area contributed by atoms with Gasteiger partial charge in [0.05, 0.1) is 0 Å². The van der Waals surface area contributed by atoms with Crippen molar-refractivity contribution >= 4 is 17.9 Å². The van der Waals surface area contributed by atoms with Crippen LogP contribution in [-0.2, 0) is 28.6 Å². The maximum Gasteiger partial charge on any atom is 0.306 e. The topological polar surface area (TPSA) is 78.9 Å². The van der Waals surface area contributed by atoms with E-state index in [0.717, 1.165) is 128 Å². The molecule has 0 amide bonds. The van der Waals surface area contributed by atoms with Crippen molar-refractivity contribution in [2.24, 2.45) is 0 Å². The number of allylic oxidation sites excluding steroid dienone is 20. The molecule has 0 aliphatic heterocycles. The van der Waals surface area contributed by atoms with Gasteiger partial charge in [0.2, 0.25) is 0 Å². The molecule has 0 radical (unpaired) electrons. The number of hydrogen-bond acceptors (Lipinski definition) is 6. The van der Waals surface area contributed by atoms with Crippen molar-refractivity contribution in [1.29, 1.82) is 0 Å². The first-order valence-electron chi connectivity index (χ1n) is 31.5. The van der Waals surface area contributed by atoms with Gasteiger partial charge in [-0.2, -0.15) is 0 Å². The largest absolute Gasteiger partial charge is 0.462 e. The summed E-state index contributed by atoms with van der Waals surface area (Å²) in [6.07, 6.45) is 87.9. The van der Waals surface area contributed by atoms with Gasteiger partial charge in [0.1, 0.15) is 13.2 Å². The third-order valence-electron chi connectivity index (χ3n) is 13.2. The predicted molar refractivity (Wildman–Crippen MR) is 330 cm³/mol. The van der Waals surface area contributed by atoms with Crippen LogP contribution in [0.25, 0.3) is 0 Å². The normalized spacial score (nSPS) is 12.9. The minimum absolute atomic E-state index is 0.100. The number of carbonyl (C=O) groups is 3. The number of rotatable bonds is 56. The van der Waals surface area contributed by atoms with E-state index < -0.39 is 6.10 Å². The Balaban J connectivity index is 4.28. The molecular formula is C70H116O6. The van der Waals surface area contributed by atoms with Crippen LogP contribution < -0.4 is 0 Å². The molecule has 6 heteroatoms. The summed E-state index contributed by atoms with van der Waals surface area (Å²) >= 11 is 0. The molecule has 0 heterocycles. The van der Waals surface area contributed by atoms with Crippen molar-refractivity contribution in [2.75, 3.05) is 13.2 Å². The van der Waals surface area contributed by atoms with Crippen LogP contribution in [-0.4, -0.2) is 37.2 Å². The maximum atomic E-state index is 12.9. The van der Waals surface area contributed by atoms with Gasteiger partial charge in [0, 0.05) is 19.3 Å². The Bertz CT molecular complexity index is 1590. The van der Waals surface area contributed by atoms with Crippen LogP contribution >= 0.6 is 0 Å². The van der Waals surface area contributed by atoms with E-state index in [1.165, 1.54) is 109 Å². The Morgan fingerprint density at radius 2 is 0.513 bits per heavy atom. The van der Waals surface area contributed by atoms with Gasteiger partial charge in [-0.15, -0.1) is 0 Å². The summed E-state index contributed by atoms with van der Waals surface area (Å²) in [5.41, 5.74) is 0. The van der Waals surface area contributed by atoms with Gasteiger partial charge in [0.15, 0.2) is 6.10 Å². The Hall–Kier alpha value is -4.19. The summed E-state index contributed by atoms with van der Waals surface area (Å²) < 4.78 is 16.9. The van der Waals surface area contributed by atoms with Crippen LogP contribution in [0.15, 0.2) is 122 Å². The second-order valence-corrected chi connectivity index (χ2v) is 20.5. The van der Waals surface area contributed by atoms with E-state index in [1.54, 1.807) is 0 Å². The SMILES string of the molecule is CC/C=C\C/C=C\C/C=C\C/C=C\CCCCCCCCCCCCCCCCCCC(=O)OCC(COC(=O)CCCCCCC/C=C\C/C=C\CCCC)OC(=O)CCCC/C=C\C/C=C\C/C=C\C/C=C\CC. The lowest BCUT2D eigenvalue weighted by atomic mass is 10.0. The van der Waals surface area contributed by atoms with E-state index in [2.05, 4.69) is 142 Å². The van der Waals surface area contributed by atoms with Crippen molar-refractivity contribution in [2.45, 2.75) is 290 Å². The monoisotopic (exact) mass is 1050 g/mol. The van der Waals surface area contributed by atoms with Crippen LogP contribution in [0.5, 0.6) is 0 Å². The summed E-state index contributed by atoms with van der Waals surface area (Å²) in [4.78, 5) is 38.2. The van der Waals surface area contributed by atoms with Crippen LogP contribution in [0, 0.1) is 0 Å². The van der Waals surface area contributed by atoms with E-state index in [4.69, 9.17) is 14.2 Å². The lowest BCUT2D eigenvalue weighted by Crippen LogP contribution is -2.30. The number of ether oxygens (including phenoxy) is 3. The minimum atomic E-state index is -0.808. The molecule has 1 atom stereocenters. The van der Waals surface area contributed by atoms with E-state index in [1.807, 2.05) is 0 Å². The Kier molecular flexibility index (Phi) is 59.9. The second-order valence-electron chi connectivity index (χ2n) is 20.5. The maximum absolute atomic E-state index is 12.9. The number of carbonyl (C=O) groups excluding carboxylic acids is 3. The zero-order chi connectivity index (χ0) is 55.0. The lowest BCUT2D eigenvalue weighted by Gasteiger charge is -2.18. The summed E-state index contributed by atoms with van der Waals surface area (Å²) in [6.45, 7) is 6.34. The van der Waals surface area contributed by atoms with Crippen LogP contribution in [0.3, 0.4) is 0 Å². The molecule has 0 spiro atoms. The minimum Gasteiger partial charge on any atom is -0.462 e. The van der Waals surface area contributed by atoms with Crippen molar-refractivity contribution in [1.82, 2.24) is 0 Å². The fourth-order valence-electron chi connectivity index (χ4n) is 8.50. The highest BCUT2D eigenvalue weighted by molar-refractivity contribution is 5.71. The number of hydrogen-bond donors (Lipinski definition) is 0. The zero-order valence-corrected chi connectivity index (χ0v) is 49.5. The van der Waals surface area contributed by atoms with Gasteiger partial charge in [0.25, 0.3) is 0 Å². The van der Waals surface area contributed by atoms with E-state index in [9.17, 15) is 14.4 Å². The van der Waals surface area contributed by atoms with E-state index in [-0.39, 0.29) is 37.5 Å².